The average Bonchev–Trinajstić information content (AvgIpc) is 3.04. The molecule has 1 aliphatic heterocycles. The molecule has 1 aliphatic rings. The van der Waals surface area contributed by atoms with E-state index in [2.05, 4.69) is 20.5 Å². The Morgan fingerprint density at radius 3 is 3.10 bits per heavy atom. The quantitative estimate of drug-likeness (QED) is 0.730. The van der Waals surface area contributed by atoms with Crippen molar-refractivity contribution >= 4 is 11.9 Å². The largest absolute Gasteiger partial charge is 0.480 e. The molecule has 7 nitrogen and oxygen atoms in total. The van der Waals surface area contributed by atoms with E-state index in [0.29, 0.717) is 25.2 Å². The van der Waals surface area contributed by atoms with E-state index in [0.717, 1.165) is 11.3 Å². The summed E-state index contributed by atoms with van der Waals surface area (Å²) in [5.41, 5.74) is 6.46. The Hall–Kier alpha value is -2.57. The minimum Gasteiger partial charge on any atom is -0.480 e. The van der Waals surface area contributed by atoms with Crippen molar-refractivity contribution in [1.82, 2.24) is 20.5 Å². The maximum absolute atomic E-state index is 12.0. The van der Waals surface area contributed by atoms with Crippen LogP contribution in [0.25, 0.3) is 0 Å². The van der Waals surface area contributed by atoms with Crippen LogP contribution in [-0.2, 0) is 17.6 Å². The van der Waals surface area contributed by atoms with Gasteiger partial charge in [-0.3, -0.25) is 9.89 Å². The Bertz CT molecular complexity index is 600. The topological polar surface area (TPSA) is 106 Å². The molecule has 1 aromatic carbocycles. The fourth-order valence-electron chi connectivity index (χ4n) is 2.17. The first-order valence-electron chi connectivity index (χ1n) is 6.41. The van der Waals surface area contributed by atoms with Crippen LogP contribution in [0.15, 0.2) is 24.3 Å². The zero-order valence-electron chi connectivity index (χ0n) is 10.8. The van der Waals surface area contributed by atoms with Crippen molar-refractivity contribution in [3.63, 3.8) is 0 Å². The van der Waals surface area contributed by atoms with Gasteiger partial charge in [0.2, 0.25) is 5.95 Å². The van der Waals surface area contributed by atoms with Crippen LogP contribution in [0.3, 0.4) is 0 Å². The first kappa shape index (κ1) is 12.5. The summed E-state index contributed by atoms with van der Waals surface area (Å²) in [7, 11) is 0. The third-order valence-corrected chi connectivity index (χ3v) is 3.15. The number of anilines is 1. The Morgan fingerprint density at radius 1 is 1.50 bits per heavy atom. The lowest BCUT2D eigenvalue weighted by molar-refractivity contribution is -0.127. The van der Waals surface area contributed by atoms with Crippen molar-refractivity contribution < 1.29 is 9.53 Å². The standard InChI is InChI=1S/C13H15N5O2/c14-13-16-11(17-18-13)5-6-15-12(19)10-7-8-3-1-2-4-9(8)20-10/h1-4,10H,5-7H2,(H,15,19)(H3,14,16,17,18)/t10-/m0/s1. The van der Waals surface area contributed by atoms with Crippen LogP contribution in [0.5, 0.6) is 5.75 Å². The number of amides is 1. The Balaban J connectivity index is 1.49. The van der Waals surface area contributed by atoms with Gasteiger partial charge in [-0.2, -0.15) is 4.98 Å². The number of para-hydroxylation sites is 1. The van der Waals surface area contributed by atoms with Gasteiger partial charge in [0, 0.05) is 19.4 Å². The van der Waals surface area contributed by atoms with Crippen LogP contribution < -0.4 is 15.8 Å². The van der Waals surface area contributed by atoms with Crippen LogP contribution in [0.2, 0.25) is 0 Å². The predicted molar refractivity (Wildman–Crippen MR) is 72.1 cm³/mol. The van der Waals surface area contributed by atoms with E-state index < -0.39 is 6.10 Å². The monoisotopic (exact) mass is 273 g/mol. The number of nitrogens with one attached hydrogen (secondary N) is 2. The molecular formula is C13H15N5O2. The van der Waals surface area contributed by atoms with Crippen LogP contribution in [-0.4, -0.2) is 33.7 Å². The number of hydrogen-bond acceptors (Lipinski definition) is 5. The summed E-state index contributed by atoms with van der Waals surface area (Å²) in [5, 5.41) is 9.24. The number of aromatic nitrogens is 3. The van der Waals surface area contributed by atoms with E-state index in [1.165, 1.54) is 0 Å². The van der Waals surface area contributed by atoms with Crippen LogP contribution in [0.1, 0.15) is 11.4 Å². The molecule has 0 spiro atoms. The molecule has 3 rings (SSSR count). The molecule has 0 saturated carbocycles. The number of nitrogens with two attached hydrogens (primary N) is 1. The summed E-state index contributed by atoms with van der Waals surface area (Å²) in [6, 6.07) is 7.68. The van der Waals surface area contributed by atoms with Gasteiger partial charge >= 0.3 is 0 Å². The molecule has 4 N–H and O–H groups in total. The first-order chi connectivity index (χ1) is 9.72. The molecule has 1 atom stereocenters. The molecule has 0 saturated heterocycles. The zero-order valence-corrected chi connectivity index (χ0v) is 10.8. The Kier molecular flexibility index (Phi) is 3.24. The molecule has 20 heavy (non-hydrogen) atoms. The third-order valence-electron chi connectivity index (χ3n) is 3.15. The predicted octanol–water partition coefficient (Wildman–Crippen LogP) is 0.0493. The second-order valence-corrected chi connectivity index (χ2v) is 4.60. The van der Waals surface area contributed by atoms with E-state index in [-0.39, 0.29) is 11.9 Å². The van der Waals surface area contributed by atoms with Crippen LogP contribution >= 0.6 is 0 Å². The molecule has 104 valence electrons. The fourth-order valence-corrected chi connectivity index (χ4v) is 2.17. The number of carbonyl (C=O) groups excluding carboxylic acids is 1. The van der Waals surface area contributed by atoms with Gasteiger partial charge in [0.25, 0.3) is 5.91 Å². The molecule has 2 aromatic rings. The molecule has 1 amide bonds. The fraction of sp³-hybridized carbons (Fsp3) is 0.308. The van der Waals surface area contributed by atoms with Crippen molar-refractivity contribution in [3.05, 3.63) is 35.7 Å². The third kappa shape index (κ3) is 2.56. The smallest absolute Gasteiger partial charge is 0.261 e. The molecule has 0 fully saturated rings. The van der Waals surface area contributed by atoms with Crippen LogP contribution in [0, 0.1) is 0 Å². The Morgan fingerprint density at radius 2 is 2.35 bits per heavy atom. The van der Waals surface area contributed by atoms with E-state index in [9.17, 15) is 4.79 Å². The number of hydrogen-bond donors (Lipinski definition) is 3. The maximum Gasteiger partial charge on any atom is 0.261 e. The number of fused-ring (bicyclic) bond motifs is 1. The number of H-pyrrole nitrogens is 1. The average molecular weight is 273 g/mol. The summed E-state index contributed by atoms with van der Waals surface area (Å²) >= 11 is 0. The maximum atomic E-state index is 12.0. The van der Waals surface area contributed by atoms with Gasteiger partial charge in [-0.25, -0.2) is 0 Å². The van der Waals surface area contributed by atoms with Crippen molar-refractivity contribution in [1.29, 1.82) is 0 Å². The molecule has 0 aliphatic carbocycles. The number of aromatic amines is 1. The van der Waals surface area contributed by atoms with Gasteiger partial charge in [-0.1, -0.05) is 18.2 Å². The van der Waals surface area contributed by atoms with Gasteiger partial charge in [0.05, 0.1) is 0 Å². The number of carbonyl (C=O) groups is 1. The number of nitrogens with zero attached hydrogens (tertiary/aromatic N) is 2. The van der Waals surface area contributed by atoms with E-state index in [1.807, 2.05) is 24.3 Å². The SMILES string of the molecule is Nc1n[nH]c(CCNC(=O)[C@@H]2Cc3ccccc3O2)n1. The summed E-state index contributed by atoms with van der Waals surface area (Å²) in [6.45, 7) is 0.462. The number of nitrogen functional groups attached to an aromatic ring is 1. The number of ether oxygens (including phenoxy) is 1. The molecule has 0 unspecified atom stereocenters. The van der Waals surface area contributed by atoms with Gasteiger partial charge in [0.1, 0.15) is 11.6 Å². The molecule has 2 heterocycles. The summed E-state index contributed by atoms with van der Waals surface area (Å²) in [4.78, 5) is 16.0. The van der Waals surface area contributed by atoms with E-state index in [1.54, 1.807) is 0 Å². The molecule has 0 radical (unpaired) electrons. The highest BCUT2D eigenvalue weighted by Crippen LogP contribution is 2.27. The normalized spacial score (nSPS) is 16.5. The summed E-state index contributed by atoms with van der Waals surface area (Å²) in [6.07, 6.45) is 0.708. The number of benzene rings is 1. The van der Waals surface area contributed by atoms with Crippen molar-refractivity contribution in [3.8, 4) is 5.75 Å². The van der Waals surface area contributed by atoms with Crippen molar-refractivity contribution in [2.24, 2.45) is 0 Å². The lowest BCUT2D eigenvalue weighted by atomic mass is 10.1. The van der Waals surface area contributed by atoms with Gasteiger partial charge < -0.3 is 15.8 Å². The first-order valence-corrected chi connectivity index (χ1v) is 6.41. The second kappa shape index (κ2) is 5.20. The minimum atomic E-state index is -0.452. The minimum absolute atomic E-state index is 0.117. The molecular weight excluding hydrogens is 258 g/mol. The highest BCUT2D eigenvalue weighted by molar-refractivity contribution is 5.82. The van der Waals surface area contributed by atoms with Gasteiger partial charge in [-0.15, -0.1) is 5.10 Å². The lowest BCUT2D eigenvalue weighted by Crippen LogP contribution is -2.38. The molecule has 0 bridgehead atoms. The van der Waals surface area contributed by atoms with E-state index in [4.69, 9.17) is 10.5 Å². The highest BCUT2D eigenvalue weighted by atomic mass is 16.5. The zero-order chi connectivity index (χ0) is 13.9. The summed E-state index contributed by atoms with van der Waals surface area (Å²) < 4.78 is 5.61. The Labute approximate surface area is 115 Å². The van der Waals surface area contributed by atoms with Crippen molar-refractivity contribution in [2.75, 3.05) is 12.3 Å². The van der Waals surface area contributed by atoms with Gasteiger partial charge in [0.15, 0.2) is 6.10 Å². The molecule has 1 aromatic heterocycles. The lowest BCUT2D eigenvalue weighted by Gasteiger charge is -2.10. The van der Waals surface area contributed by atoms with Crippen molar-refractivity contribution in [2.45, 2.75) is 18.9 Å². The van der Waals surface area contributed by atoms with E-state index >= 15 is 0 Å². The molecule has 7 heteroatoms. The van der Waals surface area contributed by atoms with Gasteiger partial charge in [-0.05, 0) is 11.6 Å². The second-order valence-electron chi connectivity index (χ2n) is 4.60. The highest BCUT2D eigenvalue weighted by Gasteiger charge is 2.28. The summed E-state index contributed by atoms with van der Waals surface area (Å²) in [5.74, 6) is 1.53. The number of rotatable bonds is 4. The van der Waals surface area contributed by atoms with Crippen LogP contribution in [0.4, 0.5) is 5.95 Å².